The highest BCUT2D eigenvalue weighted by Crippen LogP contribution is 2.38. The molecule has 0 spiro atoms. The Morgan fingerprint density at radius 1 is 0.750 bits per heavy atom. The van der Waals surface area contributed by atoms with Crippen LogP contribution in [0.25, 0.3) is 22.3 Å². The van der Waals surface area contributed by atoms with E-state index in [1.54, 1.807) is 14.2 Å². The lowest BCUT2D eigenvalue weighted by Gasteiger charge is -2.16. The van der Waals surface area contributed by atoms with Crippen LogP contribution in [0.3, 0.4) is 0 Å². The second-order valence-electron chi connectivity index (χ2n) is 5.31. The van der Waals surface area contributed by atoms with E-state index in [-0.39, 0.29) is 0 Å². The van der Waals surface area contributed by atoms with E-state index >= 15 is 0 Å². The third kappa shape index (κ3) is 3.18. The predicted octanol–water partition coefficient (Wildman–Crippen LogP) is 4.49. The van der Waals surface area contributed by atoms with Gasteiger partial charge in [0.15, 0.2) is 0 Å². The smallest absolute Gasteiger partial charge is 0.119 e. The van der Waals surface area contributed by atoms with E-state index in [4.69, 9.17) is 21.1 Å². The molecule has 119 valence electrons. The number of benzene rings is 3. The molecule has 0 saturated carbocycles. The van der Waals surface area contributed by atoms with Crippen molar-refractivity contribution in [2.24, 2.45) is 0 Å². The first-order valence-electron chi connectivity index (χ1n) is 7.47. The highest BCUT2D eigenvalue weighted by atomic mass is 35.5. The van der Waals surface area contributed by atoms with E-state index in [9.17, 15) is 0 Å². The van der Waals surface area contributed by atoms with Crippen LogP contribution in [0.5, 0.6) is 11.5 Å². The molecule has 0 fully saturated rings. The Kier molecular flexibility index (Phi) is 4.93. The lowest BCUT2D eigenvalue weighted by Crippen LogP contribution is -2.08. The number of methoxy groups -OCH3 is 2. The lowest BCUT2D eigenvalue weighted by molar-refractivity contribution is 0.415. The van der Waals surface area contributed by atoms with Crippen LogP contribution in [0.4, 0.5) is 0 Å². The van der Waals surface area contributed by atoms with Gasteiger partial charge < -0.3 is 9.47 Å². The van der Waals surface area contributed by atoms with Crippen molar-refractivity contribution in [3.05, 3.63) is 65.7 Å². The second kappa shape index (κ2) is 7.12. The van der Waals surface area contributed by atoms with Crippen molar-refractivity contribution < 1.29 is 9.47 Å². The first-order chi connectivity index (χ1) is 11.6. The third-order valence-electron chi connectivity index (χ3n) is 3.87. The van der Waals surface area contributed by atoms with Gasteiger partial charge in [0.1, 0.15) is 11.5 Å². The fraction of sp³-hybridized carbons (Fsp3) is 0.100. The van der Waals surface area contributed by atoms with Gasteiger partial charge in [0.25, 0.3) is 0 Å². The van der Waals surface area contributed by atoms with Gasteiger partial charge in [-0.2, -0.15) is 0 Å². The van der Waals surface area contributed by atoms with E-state index in [1.165, 1.54) is 0 Å². The summed E-state index contributed by atoms with van der Waals surface area (Å²) in [5, 5.41) is 1.65. The Morgan fingerprint density at radius 3 is 1.83 bits per heavy atom. The van der Waals surface area contributed by atoms with Crippen LogP contribution in [-0.2, 0) is 0 Å². The van der Waals surface area contributed by atoms with Gasteiger partial charge in [0, 0.05) is 10.6 Å². The summed E-state index contributed by atoms with van der Waals surface area (Å²) in [5.74, 6) is 1.59. The molecule has 3 aromatic carbocycles. The summed E-state index contributed by atoms with van der Waals surface area (Å²) in [6.45, 7) is 0. The minimum Gasteiger partial charge on any atom is -0.497 e. The topological polar surface area (TPSA) is 18.5 Å². The Labute approximate surface area is 150 Å². The maximum Gasteiger partial charge on any atom is 0.119 e. The first-order valence-corrected chi connectivity index (χ1v) is 8.35. The predicted molar refractivity (Wildman–Crippen MR) is 101 cm³/mol. The van der Waals surface area contributed by atoms with Gasteiger partial charge in [-0.1, -0.05) is 47.1 Å². The van der Waals surface area contributed by atoms with Gasteiger partial charge in [-0.3, -0.25) is 0 Å². The third-order valence-corrected chi connectivity index (χ3v) is 4.60. The zero-order chi connectivity index (χ0) is 17.1. The monoisotopic (exact) mass is 351 g/mol. The molecule has 24 heavy (non-hydrogen) atoms. The highest BCUT2D eigenvalue weighted by Gasteiger charge is 2.15. The molecule has 0 unspecified atom stereocenters. The number of hydrogen-bond acceptors (Lipinski definition) is 2. The Morgan fingerprint density at radius 2 is 1.29 bits per heavy atom. The molecule has 0 atom stereocenters. The summed E-state index contributed by atoms with van der Waals surface area (Å²) < 4.78 is 10.7. The number of halogens is 1. The molecule has 4 heteroatoms. The zero-order valence-electron chi connectivity index (χ0n) is 13.5. The van der Waals surface area contributed by atoms with Crippen molar-refractivity contribution in [1.29, 1.82) is 0 Å². The summed E-state index contributed by atoms with van der Waals surface area (Å²) >= 11 is 6.56. The van der Waals surface area contributed by atoms with Crippen LogP contribution in [-0.4, -0.2) is 24.5 Å². The van der Waals surface area contributed by atoms with Gasteiger partial charge in [0.2, 0.25) is 0 Å². The number of rotatable bonds is 4. The van der Waals surface area contributed by atoms with E-state index in [0.29, 0.717) is 5.02 Å². The summed E-state index contributed by atoms with van der Waals surface area (Å²) in [4.78, 5) is 0. The minimum atomic E-state index is 0.683. The molecule has 0 heterocycles. The second-order valence-corrected chi connectivity index (χ2v) is 6.25. The van der Waals surface area contributed by atoms with Gasteiger partial charge in [0.05, 0.1) is 24.5 Å². The summed E-state index contributed by atoms with van der Waals surface area (Å²) in [5.41, 5.74) is 4.00. The molecule has 0 aliphatic carbocycles. The van der Waals surface area contributed by atoms with Crippen LogP contribution in [0.15, 0.2) is 60.7 Å². The van der Waals surface area contributed by atoms with Crippen LogP contribution >= 0.6 is 11.6 Å². The average Bonchev–Trinajstić information content (AvgIpc) is 2.63. The van der Waals surface area contributed by atoms with E-state index < -0.39 is 0 Å². The molecule has 0 N–H and O–H groups in total. The van der Waals surface area contributed by atoms with E-state index in [0.717, 1.165) is 38.9 Å². The molecule has 3 rings (SSSR count). The molecule has 0 saturated heterocycles. The summed E-state index contributed by atoms with van der Waals surface area (Å²) in [7, 11) is 7.04. The quantitative estimate of drug-likeness (QED) is 0.645. The van der Waals surface area contributed by atoms with Crippen molar-refractivity contribution >= 4 is 27.0 Å². The molecular weight excluding hydrogens is 336 g/mol. The molecule has 0 aromatic heterocycles. The van der Waals surface area contributed by atoms with Crippen LogP contribution in [0, 0.1) is 0 Å². The van der Waals surface area contributed by atoms with Gasteiger partial charge in [-0.05, 0) is 47.0 Å². The molecule has 2 nitrogen and oxygen atoms in total. The molecular formula is C20H16ClO2Si. The maximum atomic E-state index is 6.56. The maximum absolute atomic E-state index is 6.56. The Balaban J connectivity index is 2.27. The number of hydrogen-bond donors (Lipinski definition) is 0. The van der Waals surface area contributed by atoms with Crippen molar-refractivity contribution in [3.63, 3.8) is 0 Å². The van der Waals surface area contributed by atoms with Crippen LogP contribution < -0.4 is 14.7 Å². The van der Waals surface area contributed by atoms with Gasteiger partial charge in [-0.15, -0.1) is 0 Å². The largest absolute Gasteiger partial charge is 0.497 e. The summed E-state index contributed by atoms with van der Waals surface area (Å²) in [6, 6.07) is 19.7. The lowest BCUT2D eigenvalue weighted by atomic mass is 9.94. The van der Waals surface area contributed by atoms with Gasteiger partial charge >= 0.3 is 0 Å². The minimum absolute atomic E-state index is 0.683. The van der Waals surface area contributed by atoms with Crippen LogP contribution in [0.2, 0.25) is 5.02 Å². The van der Waals surface area contributed by atoms with E-state index in [2.05, 4.69) is 10.2 Å². The van der Waals surface area contributed by atoms with Crippen molar-refractivity contribution in [2.75, 3.05) is 14.2 Å². The molecule has 3 aromatic rings. The molecule has 3 radical (unpaired) electrons. The van der Waals surface area contributed by atoms with E-state index in [1.807, 2.05) is 60.7 Å². The average molecular weight is 352 g/mol. The van der Waals surface area contributed by atoms with Crippen molar-refractivity contribution in [1.82, 2.24) is 0 Å². The standard InChI is InChI=1S/C20H16ClO2Si/c1-22-15-7-3-5-13(11-15)19-17(21)9-10-18(24)20(19)14-6-4-8-16(12-14)23-2/h3-12H,1-2H3. The fourth-order valence-electron chi connectivity index (χ4n) is 2.72. The van der Waals surface area contributed by atoms with Crippen molar-refractivity contribution in [3.8, 4) is 33.8 Å². The van der Waals surface area contributed by atoms with Crippen LogP contribution in [0.1, 0.15) is 0 Å². The van der Waals surface area contributed by atoms with Crippen molar-refractivity contribution in [2.45, 2.75) is 0 Å². The molecule has 0 amide bonds. The Hall–Kier alpha value is -2.23. The fourth-order valence-corrected chi connectivity index (χ4v) is 3.34. The van der Waals surface area contributed by atoms with Gasteiger partial charge in [-0.25, -0.2) is 0 Å². The number of ether oxygens (including phenoxy) is 2. The normalized spacial score (nSPS) is 10.5. The highest BCUT2D eigenvalue weighted by molar-refractivity contribution is 6.40. The summed E-state index contributed by atoms with van der Waals surface area (Å²) in [6.07, 6.45) is 0. The zero-order valence-corrected chi connectivity index (χ0v) is 15.2. The molecule has 0 aliphatic heterocycles. The SMILES string of the molecule is COc1cccc(-c2c([Si])ccc(Cl)c2-c2cccc(OC)c2)c1. The Bertz CT molecular complexity index is 805. The first kappa shape index (κ1) is 16.6. The molecule has 0 bridgehead atoms. The molecule has 0 aliphatic rings.